The molecule has 0 amide bonds. The maximum atomic E-state index is 2.47. The molecule has 0 atom stereocenters. The van der Waals surface area contributed by atoms with Crippen LogP contribution in [0.1, 0.15) is 46.2 Å². The van der Waals surface area contributed by atoms with Crippen molar-refractivity contribution in [2.24, 2.45) is 0 Å². The van der Waals surface area contributed by atoms with Gasteiger partial charge in [0.2, 0.25) is 0 Å². The van der Waals surface area contributed by atoms with Gasteiger partial charge in [0.25, 0.3) is 0 Å². The molecule has 1 nitrogen and oxygen atoms in total. The molecule has 2 aliphatic rings. The second kappa shape index (κ2) is 13.5. The highest BCUT2D eigenvalue weighted by molar-refractivity contribution is 5.92. The van der Waals surface area contributed by atoms with Gasteiger partial charge in [-0.15, -0.1) is 0 Å². The Kier molecular flexibility index (Phi) is 8.07. The van der Waals surface area contributed by atoms with E-state index in [9.17, 15) is 0 Å². The first-order valence-corrected chi connectivity index (χ1v) is 19.3. The Morgan fingerprint density at radius 1 is 0.370 bits per heavy atom. The topological polar surface area (TPSA) is 3.24 Å². The van der Waals surface area contributed by atoms with Crippen LogP contribution in [0.4, 0.5) is 17.1 Å². The van der Waals surface area contributed by atoms with Crippen LogP contribution in [-0.2, 0) is 18.3 Å². The fourth-order valence-electron chi connectivity index (χ4n) is 9.37. The Hall–Kier alpha value is -6.44. The van der Waals surface area contributed by atoms with E-state index >= 15 is 0 Å². The number of anilines is 3. The van der Waals surface area contributed by atoms with Crippen molar-refractivity contribution in [2.75, 3.05) is 4.90 Å². The van der Waals surface area contributed by atoms with E-state index in [0.29, 0.717) is 0 Å². The summed E-state index contributed by atoms with van der Waals surface area (Å²) in [6, 6.07) is 74.1. The van der Waals surface area contributed by atoms with E-state index in [1.54, 1.807) is 0 Å². The van der Waals surface area contributed by atoms with Crippen molar-refractivity contribution in [3.8, 4) is 33.4 Å². The van der Waals surface area contributed by atoms with Crippen LogP contribution in [0.25, 0.3) is 33.4 Å². The van der Waals surface area contributed by atoms with Gasteiger partial charge in [-0.2, -0.15) is 0 Å². The molecule has 0 heterocycles. The lowest BCUT2D eigenvalue weighted by Crippen LogP contribution is -2.28. The Morgan fingerprint density at radius 2 is 0.926 bits per heavy atom. The van der Waals surface area contributed by atoms with Gasteiger partial charge in [0.05, 0.1) is 11.1 Å². The van der Waals surface area contributed by atoms with E-state index in [-0.39, 0.29) is 0 Å². The Balaban J connectivity index is 1.20. The van der Waals surface area contributed by atoms with Crippen molar-refractivity contribution in [3.63, 3.8) is 0 Å². The molecular weight excluding hydrogens is 651 g/mol. The van der Waals surface area contributed by atoms with Crippen LogP contribution in [0.15, 0.2) is 200 Å². The van der Waals surface area contributed by atoms with Crippen molar-refractivity contribution in [1.82, 2.24) is 0 Å². The van der Waals surface area contributed by atoms with Crippen molar-refractivity contribution in [3.05, 3.63) is 234 Å². The van der Waals surface area contributed by atoms with Gasteiger partial charge >= 0.3 is 0 Å². The first-order valence-electron chi connectivity index (χ1n) is 19.3. The Morgan fingerprint density at radius 3 is 1.67 bits per heavy atom. The molecule has 54 heavy (non-hydrogen) atoms. The molecule has 0 radical (unpaired) electrons. The summed E-state index contributed by atoms with van der Waals surface area (Å²) < 4.78 is 0. The average molecular weight is 692 g/mol. The van der Waals surface area contributed by atoms with E-state index < -0.39 is 5.41 Å². The van der Waals surface area contributed by atoms with Crippen LogP contribution in [0.3, 0.4) is 0 Å². The molecule has 0 aromatic heterocycles. The minimum Gasteiger partial charge on any atom is -0.310 e. The molecule has 8 aromatic rings. The first-order chi connectivity index (χ1) is 26.8. The number of aryl methyl sites for hydroxylation is 1. The quantitative estimate of drug-likeness (QED) is 0.161. The van der Waals surface area contributed by atoms with Gasteiger partial charge in [-0.1, -0.05) is 170 Å². The van der Waals surface area contributed by atoms with E-state index in [1.807, 2.05) is 0 Å². The van der Waals surface area contributed by atoms with Crippen molar-refractivity contribution in [1.29, 1.82) is 0 Å². The zero-order chi connectivity index (χ0) is 35.9. The molecule has 0 unspecified atom stereocenters. The molecule has 0 N–H and O–H groups in total. The van der Waals surface area contributed by atoms with Gasteiger partial charge in [-0.25, -0.2) is 0 Å². The van der Waals surface area contributed by atoms with Gasteiger partial charge < -0.3 is 4.90 Å². The predicted octanol–water partition coefficient (Wildman–Crippen LogP) is 13.7. The lowest BCUT2D eigenvalue weighted by atomic mass is 9.67. The van der Waals surface area contributed by atoms with Crippen molar-refractivity contribution < 1.29 is 0 Å². The standard InChI is InChI=1S/C53H41N/c1-4-17-39(18-5-1)47-26-13-15-30-52(47)54(43-33-31-40(32-34-43)46-28-16-20-38-19-10-11-25-45(38)46)44-35-36-49-48-27-12-14-29-50(48)53(51(49)37-44,41-21-6-2-7-22-41)42-23-8-3-9-24-42/h1-9,12-18,20-24,26-37H,10-11,19,25H2. The molecule has 2 aliphatic carbocycles. The molecule has 0 saturated heterocycles. The van der Waals surface area contributed by atoms with Gasteiger partial charge in [-0.05, 0) is 117 Å². The van der Waals surface area contributed by atoms with Crippen molar-refractivity contribution >= 4 is 17.1 Å². The lowest BCUT2D eigenvalue weighted by molar-refractivity contribution is 0.687. The SMILES string of the molecule is c1ccc(-c2ccccc2N(c2ccc(-c3cccc4c3CCCC4)cc2)c2ccc3c(c2)C(c2ccccc2)(c2ccccc2)c2ccccc2-3)cc1. The molecule has 8 aromatic carbocycles. The van der Waals surface area contributed by atoms with E-state index in [4.69, 9.17) is 0 Å². The number of benzene rings is 8. The third-order valence-electron chi connectivity index (χ3n) is 11.8. The predicted molar refractivity (Wildman–Crippen MR) is 226 cm³/mol. The highest BCUT2D eigenvalue weighted by atomic mass is 15.1. The van der Waals surface area contributed by atoms with Gasteiger partial charge in [-0.3, -0.25) is 0 Å². The number of hydrogen-bond donors (Lipinski definition) is 0. The number of para-hydroxylation sites is 1. The van der Waals surface area contributed by atoms with E-state index in [1.165, 1.54) is 86.0 Å². The third-order valence-corrected chi connectivity index (χ3v) is 11.8. The molecule has 258 valence electrons. The minimum atomic E-state index is -0.481. The summed E-state index contributed by atoms with van der Waals surface area (Å²) in [6.45, 7) is 0. The van der Waals surface area contributed by atoms with Crippen molar-refractivity contribution in [2.45, 2.75) is 31.1 Å². The lowest BCUT2D eigenvalue weighted by Gasteiger charge is -2.35. The highest BCUT2D eigenvalue weighted by Gasteiger charge is 2.46. The van der Waals surface area contributed by atoms with Crippen LogP contribution in [-0.4, -0.2) is 0 Å². The van der Waals surface area contributed by atoms with Crippen LogP contribution in [0.5, 0.6) is 0 Å². The molecule has 0 bridgehead atoms. The summed E-state index contributed by atoms with van der Waals surface area (Å²) in [5.74, 6) is 0. The largest absolute Gasteiger partial charge is 0.310 e. The fraction of sp³-hybridized carbons (Fsp3) is 0.0943. The summed E-state index contributed by atoms with van der Waals surface area (Å²) in [5.41, 5.74) is 18.8. The minimum absolute atomic E-state index is 0.481. The zero-order valence-electron chi connectivity index (χ0n) is 30.3. The number of nitrogens with zero attached hydrogens (tertiary/aromatic N) is 1. The molecular formula is C53H41N. The fourth-order valence-corrected chi connectivity index (χ4v) is 9.37. The number of rotatable bonds is 7. The second-order valence-corrected chi connectivity index (χ2v) is 14.7. The summed E-state index contributed by atoms with van der Waals surface area (Å²) in [5, 5.41) is 0. The highest BCUT2D eigenvalue weighted by Crippen LogP contribution is 2.57. The van der Waals surface area contributed by atoms with E-state index in [0.717, 1.165) is 23.5 Å². The van der Waals surface area contributed by atoms with Gasteiger partial charge in [0.15, 0.2) is 0 Å². The monoisotopic (exact) mass is 691 g/mol. The normalized spacial score (nSPS) is 13.8. The van der Waals surface area contributed by atoms with Gasteiger partial charge in [0.1, 0.15) is 0 Å². The van der Waals surface area contributed by atoms with Gasteiger partial charge in [0, 0.05) is 16.9 Å². The average Bonchev–Trinajstić information content (AvgIpc) is 3.55. The number of fused-ring (bicyclic) bond motifs is 4. The molecule has 0 spiro atoms. The Bertz CT molecular complexity index is 2550. The van der Waals surface area contributed by atoms with E-state index in [2.05, 4.69) is 205 Å². The maximum absolute atomic E-state index is 2.47. The molecule has 10 rings (SSSR count). The summed E-state index contributed by atoms with van der Waals surface area (Å²) in [4.78, 5) is 2.47. The second-order valence-electron chi connectivity index (χ2n) is 14.7. The first kappa shape index (κ1) is 32.2. The molecule has 0 saturated carbocycles. The summed E-state index contributed by atoms with van der Waals surface area (Å²) in [6.07, 6.45) is 4.89. The smallest absolute Gasteiger partial charge is 0.0714 e. The molecule has 0 fully saturated rings. The van der Waals surface area contributed by atoms with Crippen LogP contribution in [0, 0.1) is 0 Å². The summed E-state index contributed by atoms with van der Waals surface area (Å²) >= 11 is 0. The van der Waals surface area contributed by atoms with Crippen LogP contribution < -0.4 is 4.90 Å². The number of hydrogen-bond acceptors (Lipinski definition) is 1. The third kappa shape index (κ3) is 5.23. The summed E-state index contributed by atoms with van der Waals surface area (Å²) in [7, 11) is 0. The zero-order valence-corrected chi connectivity index (χ0v) is 30.3. The Labute approximate surface area is 318 Å². The van der Waals surface area contributed by atoms with Crippen LogP contribution >= 0.6 is 0 Å². The molecule has 1 heteroatoms. The molecule has 0 aliphatic heterocycles. The maximum Gasteiger partial charge on any atom is 0.0714 e. The van der Waals surface area contributed by atoms with Crippen LogP contribution in [0.2, 0.25) is 0 Å².